The van der Waals surface area contributed by atoms with Crippen molar-refractivity contribution in [3.05, 3.63) is 66.6 Å². The second-order valence-corrected chi connectivity index (χ2v) is 10.9. The van der Waals surface area contributed by atoms with Crippen LogP contribution in [0.15, 0.2) is 70.1 Å². The average Bonchev–Trinajstić information content (AvgIpc) is 3.62. The van der Waals surface area contributed by atoms with Crippen LogP contribution in [0.5, 0.6) is 11.5 Å². The standard InChI is InChI=1S/C27H28N4O6S/c1-30(17-25-28-26(29-37-25)20-11-13-23(35-2)24(16-20)36-3)27(32)22-9-6-14-31(22)38(33,34)21-12-10-18-7-4-5-8-19(18)15-21/h4-5,7-8,10-13,15-16,22H,6,9,14,17H2,1-3H3/t22-/m0/s1. The lowest BCUT2D eigenvalue weighted by atomic mass is 10.1. The first-order valence-corrected chi connectivity index (χ1v) is 13.6. The lowest BCUT2D eigenvalue weighted by Crippen LogP contribution is -2.46. The van der Waals surface area contributed by atoms with E-state index < -0.39 is 16.1 Å². The molecule has 11 heteroatoms. The molecule has 38 heavy (non-hydrogen) atoms. The Bertz CT molecular complexity index is 1590. The number of sulfonamides is 1. The van der Waals surface area contributed by atoms with Gasteiger partial charge in [-0.05, 0) is 53.9 Å². The van der Waals surface area contributed by atoms with Gasteiger partial charge in [-0.2, -0.15) is 9.29 Å². The molecule has 198 valence electrons. The molecule has 0 N–H and O–H groups in total. The Balaban J connectivity index is 1.31. The van der Waals surface area contributed by atoms with Crippen molar-refractivity contribution in [3.63, 3.8) is 0 Å². The molecule has 5 rings (SSSR count). The summed E-state index contributed by atoms with van der Waals surface area (Å²) in [7, 11) is 0.825. The Kier molecular flexibility index (Phi) is 7.04. The quantitative estimate of drug-likeness (QED) is 0.335. The lowest BCUT2D eigenvalue weighted by Gasteiger charge is -2.27. The smallest absolute Gasteiger partial charge is 0.246 e. The Morgan fingerprint density at radius 1 is 1.05 bits per heavy atom. The van der Waals surface area contributed by atoms with Gasteiger partial charge < -0.3 is 18.9 Å². The van der Waals surface area contributed by atoms with E-state index in [1.807, 2.05) is 24.3 Å². The van der Waals surface area contributed by atoms with Crippen LogP contribution in [-0.2, 0) is 21.4 Å². The van der Waals surface area contributed by atoms with Gasteiger partial charge in [0.15, 0.2) is 11.5 Å². The Hall–Kier alpha value is -3.96. The fraction of sp³-hybridized carbons (Fsp3) is 0.296. The van der Waals surface area contributed by atoms with Crippen molar-refractivity contribution in [1.29, 1.82) is 0 Å². The number of amides is 1. The summed E-state index contributed by atoms with van der Waals surface area (Å²) < 4.78 is 44.3. The largest absolute Gasteiger partial charge is 0.493 e. The van der Waals surface area contributed by atoms with E-state index in [0.29, 0.717) is 35.7 Å². The SMILES string of the molecule is COc1ccc(-c2noc(CN(C)C(=O)[C@@H]3CCCN3S(=O)(=O)c3ccc4ccccc4c3)n2)cc1OC. The maximum absolute atomic E-state index is 13.5. The van der Waals surface area contributed by atoms with Gasteiger partial charge in [0, 0.05) is 19.2 Å². The molecule has 1 aromatic heterocycles. The maximum Gasteiger partial charge on any atom is 0.246 e. The number of methoxy groups -OCH3 is 2. The van der Waals surface area contributed by atoms with Crippen molar-refractivity contribution >= 4 is 26.7 Å². The highest BCUT2D eigenvalue weighted by atomic mass is 32.2. The lowest BCUT2D eigenvalue weighted by molar-refractivity contribution is -0.134. The number of carbonyl (C=O) groups excluding carboxylic acids is 1. The van der Waals surface area contributed by atoms with Crippen LogP contribution in [-0.4, -0.2) is 67.5 Å². The van der Waals surface area contributed by atoms with E-state index in [1.54, 1.807) is 50.6 Å². The van der Waals surface area contributed by atoms with Gasteiger partial charge in [0.05, 0.1) is 25.7 Å². The topological polar surface area (TPSA) is 115 Å². The molecule has 1 amide bonds. The highest BCUT2D eigenvalue weighted by Gasteiger charge is 2.40. The number of likely N-dealkylation sites (N-methyl/N-ethyl adjacent to an activating group) is 1. The summed E-state index contributed by atoms with van der Waals surface area (Å²) in [6, 6.07) is 17.0. The molecule has 4 aromatic rings. The second kappa shape index (κ2) is 10.4. The van der Waals surface area contributed by atoms with Gasteiger partial charge >= 0.3 is 0 Å². The van der Waals surface area contributed by atoms with Crippen LogP contribution in [0.1, 0.15) is 18.7 Å². The van der Waals surface area contributed by atoms with Gasteiger partial charge in [-0.3, -0.25) is 4.79 Å². The normalized spacial score (nSPS) is 16.0. The van der Waals surface area contributed by atoms with Crippen LogP contribution in [0.4, 0.5) is 0 Å². The minimum atomic E-state index is -3.86. The van der Waals surface area contributed by atoms with Crippen molar-refractivity contribution in [1.82, 2.24) is 19.3 Å². The molecule has 0 radical (unpaired) electrons. The summed E-state index contributed by atoms with van der Waals surface area (Å²) in [6.45, 7) is 0.322. The zero-order valence-corrected chi connectivity index (χ0v) is 22.1. The number of carbonyl (C=O) groups is 1. The molecule has 2 heterocycles. The summed E-state index contributed by atoms with van der Waals surface area (Å²) in [5.74, 6) is 1.34. The zero-order chi connectivity index (χ0) is 26.9. The van der Waals surface area contributed by atoms with E-state index in [-0.39, 0.29) is 29.8 Å². The predicted octanol–water partition coefficient (Wildman–Crippen LogP) is 3.72. The summed E-state index contributed by atoms with van der Waals surface area (Å²) in [4.78, 5) is 19.4. The molecular weight excluding hydrogens is 508 g/mol. The Labute approximate surface area is 220 Å². The zero-order valence-electron chi connectivity index (χ0n) is 21.3. The number of benzene rings is 3. The van der Waals surface area contributed by atoms with E-state index in [9.17, 15) is 13.2 Å². The van der Waals surface area contributed by atoms with Gasteiger partial charge in [0.25, 0.3) is 0 Å². The fourth-order valence-electron chi connectivity index (χ4n) is 4.68. The molecule has 1 fully saturated rings. The molecule has 10 nitrogen and oxygen atoms in total. The van der Waals surface area contributed by atoms with E-state index >= 15 is 0 Å². The van der Waals surface area contributed by atoms with Crippen LogP contribution < -0.4 is 9.47 Å². The third-order valence-electron chi connectivity index (χ3n) is 6.67. The van der Waals surface area contributed by atoms with Crippen LogP contribution in [0, 0.1) is 0 Å². The molecule has 0 bridgehead atoms. The molecule has 1 aliphatic heterocycles. The molecule has 0 spiro atoms. The number of rotatable bonds is 8. The van der Waals surface area contributed by atoms with Gasteiger partial charge in [0.1, 0.15) is 6.04 Å². The summed E-state index contributed by atoms with van der Waals surface area (Å²) in [5.41, 5.74) is 0.662. The van der Waals surface area contributed by atoms with Gasteiger partial charge in [-0.1, -0.05) is 35.5 Å². The molecule has 0 unspecified atom stereocenters. The highest BCUT2D eigenvalue weighted by molar-refractivity contribution is 7.89. The summed E-state index contributed by atoms with van der Waals surface area (Å²) >= 11 is 0. The number of fused-ring (bicyclic) bond motifs is 1. The van der Waals surface area contributed by atoms with E-state index in [4.69, 9.17) is 14.0 Å². The summed E-state index contributed by atoms with van der Waals surface area (Å²) in [5, 5.41) is 5.80. The van der Waals surface area contributed by atoms with Gasteiger partial charge in [0.2, 0.25) is 27.6 Å². The second-order valence-electron chi connectivity index (χ2n) is 9.06. The van der Waals surface area contributed by atoms with Crippen molar-refractivity contribution in [3.8, 4) is 22.9 Å². The molecule has 0 saturated carbocycles. The van der Waals surface area contributed by atoms with Crippen LogP contribution in [0.3, 0.4) is 0 Å². The molecule has 1 aliphatic rings. The summed E-state index contributed by atoms with van der Waals surface area (Å²) in [6.07, 6.45) is 1.04. The molecule has 0 aliphatic carbocycles. The van der Waals surface area contributed by atoms with Crippen molar-refractivity contribution in [2.24, 2.45) is 0 Å². The van der Waals surface area contributed by atoms with Crippen LogP contribution in [0.25, 0.3) is 22.2 Å². The minimum absolute atomic E-state index is 0.0412. The van der Waals surface area contributed by atoms with Crippen molar-refractivity contribution < 1.29 is 27.2 Å². The monoisotopic (exact) mass is 536 g/mol. The number of hydrogen-bond donors (Lipinski definition) is 0. The Morgan fingerprint density at radius 2 is 1.82 bits per heavy atom. The number of aromatic nitrogens is 2. The predicted molar refractivity (Wildman–Crippen MR) is 140 cm³/mol. The number of ether oxygens (including phenoxy) is 2. The molecule has 1 saturated heterocycles. The molecule has 3 aromatic carbocycles. The first-order chi connectivity index (χ1) is 18.3. The number of hydrogen-bond acceptors (Lipinski definition) is 8. The minimum Gasteiger partial charge on any atom is -0.493 e. The van der Waals surface area contributed by atoms with E-state index in [2.05, 4.69) is 10.1 Å². The first-order valence-electron chi connectivity index (χ1n) is 12.1. The first kappa shape index (κ1) is 25.7. The van der Waals surface area contributed by atoms with Crippen LogP contribution >= 0.6 is 0 Å². The fourth-order valence-corrected chi connectivity index (χ4v) is 6.37. The third-order valence-corrected chi connectivity index (χ3v) is 8.58. The third kappa shape index (κ3) is 4.82. The van der Waals surface area contributed by atoms with Gasteiger partial charge in [-0.25, -0.2) is 8.42 Å². The van der Waals surface area contributed by atoms with Crippen molar-refractivity contribution in [2.45, 2.75) is 30.3 Å². The maximum atomic E-state index is 13.5. The Morgan fingerprint density at radius 3 is 2.58 bits per heavy atom. The van der Waals surface area contributed by atoms with Crippen molar-refractivity contribution in [2.75, 3.05) is 27.8 Å². The average molecular weight is 537 g/mol. The van der Waals surface area contributed by atoms with E-state index in [1.165, 1.54) is 16.3 Å². The molecule has 1 atom stereocenters. The van der Waals surface area contributed by atoms with Gasteiger partial charge in [-0.15, -0.1) is 0 Å². The highest BCUT2D eigenvalue weighted by Crippen LogP contribution is 2.32. The number of nitrogens with zero attached hydrogens (tertiary/aromatic N) is 4. The molecular formula is C27H28N4O6S. The van der Waals surface area contributed by atoms with E-state index in [0.717, 1.165) is 10.8 Å². The van der Waals surface area contributed by atoms with Crippen LogP contribution in [0.2, 0.25) is 0 Å².